The van der Waals surface area contributed by atoms with Gasteiger partial charge < -0.3 is 4.90 Å². The molecule has 0 bridgehead atoms. The fourth-order valence-electron chi connectivity index (χ4n) is 2.01. The van der Waals surface area contributed by atoms with Crippen LogP contribution in [0, 0.1) is 5.92 Å². The van der Waals surface area contributed by atoms with Crippen molar-refractivity contribution in [3.05, 3.63) is 53.1 Å². The summed E-state index contributed by atoms with van der Waals surface area (Å²) in [7, 11) is 4.22. The third kappa shape index (κ3) is 4.68. The predicted molar refractivity (Wildman–Crippen MR) is 86.1 cm³/mol. The molecule has 0 spiro atoms. The fourth-order valence-corrected chi connectivity index (χ4v) is 2.01. The molecule has 1 aromatic carbocycles. The molecule has 0 aliphatic heterocycles. The van der Waals surface area contributed by atoms with Crippen LogP contribution in [0.4, 0.5) is 0 Å². The minimum absolute atomic E-state index is 0.593. The van der Waals surface area contributed by atoms with Gasteiger partial charge in [-0.1, -0.05) is 55.8 Å². The molecule has 104 valence electrons. The van der Waals surface area contributed by atoms with Gasteiger partial charge in [-0.15, -0.1) is 0 Å². The van der Waals surface area contributed by atoms with E-state index >= 15 is 0 Å². The number of nitrogens with zero attached hydrogens (tertiary/aromatic N) is 1. The van der Waals surface area contributed by atoms with Crippen LogP contribution >= 0.6 is 0 Å². The van der Waals surface area contributed by atoms with Crippen LogP contribution in [-0.4, -0.2) is 19.0 Å². The number of allylic oxidation sites excluding steroid dienone is 4. The monoisotopic (exact) mass is 257 g/mol. The summed E-state index contributed by atoms with van der Waals surface area (Å²) >= 11 is 0. The van der Waals surface area contributed by atoms with Crippen LogP contribution in [0.1, 0.15) is 38.8 Å². The number of hydrogen-bond donors (Lipinski definition) is 0. The first-order valence-electron chi connectivity index (χ1n) is 7.03. The van der Waals surface area contributed by atoms with Crippen LogP contribution in [-0.2, 0) is 6.54 Å². The molecule has 0 unspecified atom stereocenters. The van der Waals surface area contributed by atoms with E-state index in [1.807, 2.05) is 0 Å². The van der Waals surface area contributed by atoms with E-state index in [9.17, 15) is 0 Å². The second-order valence-electron chi connectivity index (χ2n) is 5.68. The zero-order valence-electron chi connectivity index (χ0n) is 13.2. The van der Waals surface area contributed by atoms with E-state index in [1.165, 1.54) is 22.3 Å². The largest absolute Gasteiger partial charge is 0.305 e. The molecule has 0 amide bonds. The van der Waals surface area contributed by atoms with Crippen molar-refractivity contribution in [3.63, 3.8) is 0 Å². The lowest BCUT2D eigenvalue weighted by atomic mass is 9.95. The van der Waals surface area contributed by atoms with Crippen molar-refractivity contribution < 1.29 is 0 Å². The van der Waals surface area contributed by atoms with Crippen LogP contribution < -0.4 is 0 Å². The lowest BCUT2D eigenvalue weighted by Crippen LogP contribution is -2.12. The zero-order chi connectivity index (χ0) is 14.4. The molecule has 1 aromatic rings. The maximum absolute atomic E-state index is 2.32. The minimum Gasteiger partial charge on any atom is -0.305 e. The molecular weight excluding hydrogens is 230 g/mol. The number of hydrogen-bond acceptors (Lipinski definition) is 1. The summed E-state index contributed by atoms with van der Waals surface area (Å²) < 4.78 is 0. The van der Waals surface area contributed by atoms with E-state index in [2.05, 4.69) is 83.1 Å². The smallest absolute Gasteiger partial charge is 0.0233 e. The van der Waals surface area contributed by atoms with Gasteiger partial charge in [0.2, 0.25) is 0 Å². The zero-order valence-corrected chi connectivity index (χ0v) is 13.2. The molecule has 0 radical (unpaired) electrons. The van der Waals surface area contributed by atoms with Crippen molar-refractivity contribution in [2.24, 2.45) is 5.92 Å². The molecular formula is C18H27N. The van der Waals surface area contributed by atoms with Crippen LogP contribution in [0.3, 0.4) is 0 Å². The van der Waals surface area contributed by atoms with Gasteiger partial charge in [-0.2, -0.15) is 0 Å². The highest BCUT2D eigenvalue weighted by Crippen LogP contribution is 2.24. The second-order valence-corrected chi connectivity index (χ2v) is 5.68. The molecule has 0 N–H and O–H groups in total. The summed E-state index contributed by atoms with van der Waals surface area (Å²) in [6, 6.07) is 8.68. The third-order valence-electron chi connectivity index (χ3n) is 3.42. The van der Waals surface area contributed by atoms with Gasteiger partial charge in [0, 0.05) is 6.54 Å². The van der Waals surface area contributed by atoms with Gasteiger partial charge in [-0.05, 0) is 50.6 Å². The summed E-state index contributed by atoms with van der Waals surface area (Å²) in [5, 5.41) is 0. The Kier molecular flexibility index (Phi) is 6.04. The van der Waals surface area contributed by atoms with Gasteiger partial charge in [-0.25, -0.2) is 0 Å². The van der Waals surface area contributed by atoms with E-state index in [-0.39, 0.29) is 0 Å². The average molecular weight is 257 g/mol. The van der Waals surface area contributed by atoms with Crippen molar-refractivity contribution in [3.8, 4) is 0 Å². The molecule has 0 saturated heterocycles. The lowest BCUT2D eigenvalue weighted by molar-refractivity contribution is 0.402. The van der Waals surface area contributed by atoms with Gasteiger partial charge in [0.15, 0.2) is 0 Å². The van der Waals surface area contributed by atoms with Crippen LogP contribution in [0.25, 0.3) is 5.57 Å². The molecule has 0 heterocycles. The Bertz CT molecular complexity index is 464. The molecule has 1 nitrogen and oxygen atoms in total. The van der Waals surface area contributed by atoms with E-state index < -0.39 is 0 Å². The van der Waals surface area contributed by atoms with E-state index in [1.54, 1.807) is 0 Å². The normalized spacial score (nSPS) is 13.5. The highest BCUT2D eigenvalue weighted by Gasteiger charge is 2.07. The minimum atomic E-state index is 0.593. The molecule has 1 heteroatoms. The molecule has 0 aliphatic carbocycles. The molecule has 0 aromatic heterocycles. The molecule has 0 atom stereocenters. The lowest BCUT2D eigenvalue weighted by Gasteiger charge is -2.16. The van der Waals surface area contributed by atoms with E-state index in [0.717, 1.165) is 6.54 Å². The predicted octanol–water partition coefficient (Wildman–Crippen LogP) is 4.75. The maximum atomic E-state index is 2.32. The first kappa shape index (κ1) is 15.7. The second kappa shape index (κ2) is 7.30. The van der Waals surface area contributed by atoms with Gasteiger partial charge in [-0.3, -0.25) is 0 Å². The Morgan fingerprint density at radius 3 is 2.37 bits per heavy atom. The van der Waals surface area contributed by atoms with Crippen molar-refractivity contribution in [2.75, 3.05) is 14.1 Å². The highest BCUT2D eigenvalue weighted by molar-refractivity contribution is 5.76. The summed E-state index contributed by atoms with van der Waals surface area (Å²) in [6.45, 7) is 9.78. The van der Waals surface area contributed by atoms with Crippen LogP contribution in [0.15, 0.2) is 42.0 Å². The van der Waals surface area contributed by atoms with Crippen molar-refractivity contribution in [2.45, 2.75) is 34.2 Å². The average Bonchev–Trinajstić information content (AvgIpc) is 2.35. The Hall–Kier alpha value is -1.34. The van der Waals surface area contributed by atoms with E-state index in [4.69, 9.17) is 0 Å². The first-order valence-corrected chi connectivity index (χ1v) is 7.03. The summed E-state index contributed by atoms with van der Waals surface area (Å²) in [4.78, 5) is 2.21. The van der Waals surface area contributed by atoms with Crippen LogP contribution in [0.5, 0.6) is 0 Å². The van der Waals surface area contributed by atoms with Gasteiger partial charge in [0.25, 0.3) is 0 Å². The van der Waals surface area contributed by atoms with Gasteiger partial charge in [0.1, 0.15) is 0 Å². The van der Waals surface area contributed by atoms with Gasteiger partial charge in [0.05, 0.1) is 0 Å². The van der Waals surface area contributed by atoms with Crippen LogP contribution in [0.2, 0.25) is 0 Å². The Labute approximate surface area is 118 Å². The highest BCUT2D eigenvalue weighted by atomic mass is 15.0. The summed E-state index contributed by atoms with van der Waals surface area (Å²) in [6.07, 6.45) is 4.53. The van der Waals surface area contributed by atoms with Crippen molar-refractivity contribution in [1.29, 1.82) is 0 Å². The molecule has 1 rings (SSSR count). The Morgan fingerprint density at radius 2 is 1.84 bits per heavy atom. The molecule has 0 aliphatic rings. The Balaban J connectivity index is 3.16. The summed E-state index contributed by atoms with van der Waals surface area (Å²) in [5.74, 6) is 0.593. The van der Waals surface area contributed by atoms with Crippen molar-refractivity contribution in [1.82, 2.24) is 4.90 Å². The van der Waals surface area contributed by atoms with E-state index in [0.29, 0.717) is 5.92 Å². The topological polar surface area (TPSA) is 3.24 Å². The maximum Gasteiger partial charge on any atom is 0.0233 e. The molecule has 19 heavy (non-hydrogen) atoms. The Morgan fingerprint density at radius 1 is 1.21 bits per heavy atom. The summed E-state index contributed by atoms with van der Waals surface area (Å²) in [5.41, 5.74) is 5.48. The molecule has 0 saturated carbocycles. The van der Waals surface area contributed by atoms with Gasteiger partial charge >= 0.3 is 0 Å². The third-order valence-corrected chi connectivity index (χ3v) is 3.42. The fraction of sp³-hybridized carbons (Fsp3) is 0.444. The standard InChI is InChI=1S/C18H27N/c1-7-16(12-15(4)14(2)3)18-11-9-8-10-17(18)13-19(5)6/h7-12,14H,13H2,1-6H3/b15-12+,16-7+. The number of benzene rings is 1. The quantitative estimate of drug-likeness (QED) is 0.688. The molecule has 0 fully saturated rings. The SMILES string of the molecule is C/C=C(\C=C(/C)C(C)C)c1ccccc1CN(C)C. The van der Waals surface area contributed by atoms with Crippen molar-refractivity contribution >= 4 is 5.57 Å². The number of rotatable bonds is 5. The first-order chi connectivity index (χ1) is 8.95.